The molecule has 0 bridgehead atoms. The van der Waals surface area contributed by atoms with Crippen LogP contribution >= 0.6 is 0 Å². The van der Waals surface area contributed by atoms with Gasteiger partial charge in [0.1, 0.15) is 0 Å². The van der Waals surface area contributed by atoms with Crippen LogP contribution in [0.2, 0.25) is 0 Å². The summed E-state index contributed by atoms with van der Waals surface area (Å²) < 4.78 is 1.86. The molecule has 2 aromatic heterocycles. The van der Waals surface area contributed by atoms with Crippen molar-refractivity contribution in [2.24, 2.45) is 7.05 Å². The van der Waals surface area contributed by atoms with E-state index in [-0.39, 0.29) is 0 Å². The predicted octanol–water partition coefficient (Wildman–Crippen LogP) is 2.80. The number of nitrogens with zero attached hydrogens (tertiary/aromatic N) is 3. The topological polar surface area (TPSA) is 42.7 Å². The molecule has 1 N–H and O–H groups in total. The molecule has 1 atom stereocenters. The molecule has 0 radical (unpaired) electrons. The van der Waals surface area contributed by atoms with Gasteiger partial charge in [-0.15, -0.1) is 0 Å². The molecule has 2 heterocycles. The molecule has 108 valence electrons. The number of rotatable bonds is 7. The molecule has 0 aliphatic heterocycles. The van der Waals surface area contributed by atoms with Gasteiger partial charge < -0.3 is 5.32 Å². The first-order valence-electron chi connectivity index (χ1n) is 7.32. The van der Waals surface area contributed by atoms with E-state index in [1.54, 1.807) is 0 Å². The van der Waals surface area contributed by atoms with Crippen molar-refractivity contribution in [3.05, 3.63) is 47.5 Å². The van der Waals surface area contributed by atoms with Gasteiger partial charge >= 0.3 is 0 Å². The Labute approximate surface area is 121 Å². The van der Waals surface area contributed by atoms with Crippen molar-refractivity contribution in [2.45, 2.75) is 39.2 Å². The second-order valence-corrected chi connectivity index (χ2v) is 5.30. The zero-order chi connectivity index (χ0) is 14.4. The number of aromatic nitrogens is 3. The van der Waals surface area contributed by atoms with Crippen LogP contribution in [0.3, 0.4) is 0 Å². The van der Waals surface area contributed by atoms with Crippen molar-refractivity contribution in [3.8, 4) is 0 Å². The van der Waals surface area contributed by atoms with Crippen LogP contribution in [0, 0.1) is 6.92 Å². The smallest absolute Gasteiger partial charge is 0.0521 e. The molecule has 0 aliphatic rings. The Morgan fingerprint density at radius 2 is 2.20 bits per heavy atom. The Hall–Kier alpha value is -1.68. The molecule has 2 aromatic rings. The number of hydrogen-bond acceptors (Lipinski definition) is 3. The first kappa shape index (κ1) is 14.7. The Morgan fingerprint density at radius 1 is 1.35 bits per heavy atom. The van der Waals surface area contributed by atoms with Gasteiger partial charge in [0.2, 0.25) is 0 Å². The highest BCUT2D eigenvalue weighted by molar-refractivity contribution is 5.25. The van der Waals surface area contributed by atoms with Crippen molar-refractivity contribution >= 4 is 0 Å². The standard InChI is InChI=1S/C16H24N4/c1-4-8-18-16(15-11-17-9-7-13(15)2)6-5-14-10-19-20(3)12-14/h7,9-12,16,18H,4-6,8H2,1-3H3. The van der Waals surface area contributed by atoms with Gasteiger partial charge in [-0.3, -0.25) is 9.67 Å². The summed E-state index contributed by atoms with van der Waals surface area (Å²) in [4.78, 5) is 4.28. The van der Waals surface area contributed by atoms with Gasteiger partial charge in [-0.2, -0.15) is 5.10 Å². The maximum Gasteiger partial charge on any atom is 0.0521 e. The fourth-order valence-electron chi connectivity index (χ4n) is 2.44. The summed E-state index contributed by atoms with van der Waals surface area (Å²) in [5.41, 5.74) is 3.90. The van der Waals surface area contributed by atoms with E-state index in [1.165, 1.54) is 16.7 Å². The van der Waals surface area contributed by atoms with Crippen LogP contribution in [0.15, 0.2) is 30.9 Å². The first-order chi connectivity index (χ1) is 9.70. The van der Waals surface area contributed by atoms with Crippen molar-refractivity contribution in [1.82, 2.24) is 20.1 Å². The van der Waals surface area contributed by atoms with Gasteiger partial charge in [-0.1, -0.05) is 6.92 Å². The van der Waals surface area contributed by atoms with Gasteiger partial charge in [-0.25, -0.2) is 0 Å². The van der Waals surface area contributed by atoms with Crippen LogP contribution in [0.5, 0.6) is 0 Å². The highest BCUT2D eigenvalue weighted by Crippen LogP contribution is 2.21. The molecule has 4 nitrogen and oxygen atoms in total. The first-order valence-corrected chi connectivity index (χ1v) is 7.32. The minimum Gasteiger partial charge on any atom is -0.310 e. The van der Waals surface area contributed by atoms with Crippen molar-refractivity contribution in [1.29, 1.82) is 0 Å². The van der Waals surface area contributed by atoms with Crippen LogP contribution in [-0.2, 0) is 13.5 Å². The molecule has 0 spiro atoms. The molecule has 4 heteroatoms. The van der Waals surface area contributed by atoms with Crippen LogP contribution < -0.4 is 5.32 Å². The van der Waals surface area contributed by atoms with Gasteiger partial charge in [0.25, 0.3) is 0 Å². The summed E-state index contributed by atoms with van der Waals surface area (Å²) in [6.45, 7) is 5.38. The van der Waals surface area contributed by atoms with Crippen LogP contribution in [-0.4, -0.2) is 21.3 Å². The van der Waals surface area contributed by atoms with E-state index in [1.807, 2.05) is 30.3 Å². The summed E-state index contributed by atoms with van der Waals surface area (Å²) in [7, 11) is 1.96. The maximum absolute atomic E-state index is 4.28. The summed E-state index contributed by atoms with van der Waals surface area (Å²) >= 11 is 0. The third kappa shape index (κ3) is 3.90. The molecule has 0 fully saturated rings. The maximum atomic E-state index is 4.28. The molecule has 0 saturated heterocycles. The quantitative estimate of drug-likeness (QED) is 0.843. The molecule has 0 saturated carbocycles. The molecule has 1 unspecified atom stereocenters. The van der Waals surface area contributed by atoms with Gasteiger partial charge in [0, 0.05) is 31.7 Å². The molecular formula is C16H24N4. The number of hydrogen-bond donors (Lipinski definition) is 1. The Morgan fingerprint density at radius 3 is 2.85 bits per heavy atom. The van der Waals surface area contributed by atoms with Crippen molar-refractivity contribution in [2.75, 3.05) is 6.54 Å². The van der Waals surface area contributed by atoms with E-state index in [0.717, 1.165) is 25.8 Å². The lowest BCUT2D eigenvalue weighted by atomic mass is 9.98. The molecule has 20 heavy (non-hydrogen) atoms. The van der Waals surface area contributed by atoms with E-state index >= 15 is 0 Å². The molecule has 2 rings (SSSR count). The highest BCUT2D eigenvalue weighted by atomic mass is 15.2. The number of aryl methyl sites for hydroxylation is 3. The monoisotopic (exact) mass is 272 g/mol. The lowest BCUT2D eigenvalue weighted by Crippen LogP contribution is -2.23. The molecule has 0 aromatic carbocycles. The fourth-order valence-corrected chi connectivity index (χ4v) is 2.44. The Balaban J connectivity index is 2.05. The van der Waals surface area contributed by atoms with E-state index < -0.39 is 0 Å². The largest absolute Gasteiger partial charge is 0.310 e. The molecule has 0 aliphatic carbocycles. The normalized spacial score (nSPS) is 12.6. The lowest BCUT2D eigenvalue weighted by molar-refractivity contribution is 0.496. The van der Waals surface area contributed by atoms with E-state index in [9.17, 15) is 0 Å². The average molecular weight is 272 g/mol. The lowest BCUT2D eigenvalue weighted by Gasteiger charge is -2.20. The van der Waals surface area contributed by atoms with E-state index in [0.29, 0.717) is 6.04 Å². The average Bonchev–Trinajstić information content (AvgIpc) is 2.86. The second-order valence-electron chi connectivity index (χ2n) is 5.30. The fraction of sp³-hybridized carbons (Fsp3) is 0.500. The summed E-state index contributed by atoms with van der Waals surface area (Å²) in [5.74, 6) is 0. The highest BCUT2D eigenvalue weighted by Gasteiger charge is 2.13. The second kappa shape index (κ2) is 7.20. The minimum absolute atomic E-state index is 0.365. The Bertz CT molecular complexity index is 533. The minimum atomic E-state index is 0.365. The van der Waals surface area contributed by atoms with E-state index in [2.05, 4.69) is 41.5 Å². The summed E-state index contributed by atoms with van der Waals surface area (Å²) in [6, 6.07) is 2.45. The number of pyridine rings is 1. The third-order valence-corrected chi connectivity index (χ3v) is 3.58. The summed E-state index contributed by atoms with van der Waals surface area (Å²) in [5, 5.41) is 7.87. The van der Waals surface area contributed by atoms with Crippen molar-refractivity contribution in [3.63, 3.8) is 0 Å². The number of nitrogens with one attached hydrogen (secondary N) is 1. The van der Waals surface area contributed by atoms with Gasteiger partial charge in [0.15, 0.2) is 0 Å². The van der Waals surface area contributed by atoms with Crippen molar-refractivity contribution < 1.29 is 0 Å². The predicted molar refractivity (Wildman–Crippen MR) is 81.5 cm³/mol. The zero-order valence-electron chi connectivity index (χ0n) is 12.6. The Kier molecular flexibility index (Phi) is 5.30. The van der Waals surface area contributed by atoms with Crippen LogP contribution in [0.1, 0.15) is 42.5 Å². The van der Waals surface area contributed by atoms with Gasteiger partial charge in [0.05, 0.1) is 6.20 Å². The van der Waals surface area contributed by atoms with Gasteiger partial charge in [-0.05, 0) is 55.5 Å². The summed E-state index contributed by atoms with van der Waals surface area (Å²) in [6.07, 6.45) is 11.1. The zero-order valence-corrected chi connectivity index (χ0v) is 12.6. The van der Waals surface area contributed by atoms with Crippen LogP contribution in [0.4, 0.5) is 0 Å². The SMILES string of the molecule is CCCNC(CCc1cnn(C)c1)c1cnccc1C. The van der Waals surface area contributed by atoms with E-state index in [4.69, 9.17) is 0 Å². The van der Waals surface area contributed by atoms with Crippen LogP contribution in [0.25, 0.3) is 0 Å². The molecule has 0 amide bonds. The molecular weight excluding hydrogens is 248 g/mol. The third-order valence-electron chi connectivity index (χ3n) is 3.58.